The fraction of sp³-hybridized carbons (Fsp3) is 0. The maximum atomic E-state index is 13.3. The molecule has 0 bridgehead atoms. The van der Waals surface area contributed by atoms with Gasteiger partial charge in [-0.2, -0.15) is 5.10 Å². The molecule has 14 heavy (non-hydrogen) atoms. The van der Waals surface area contributed by atoms with Gasteiger partial charge >= 0.3 is 0 Å². The summed E-state index contributed by atoms with van der Waals surface area (Å²) in [6.45, 7) is 3.81. The van der Waals surface area contributed by atoms with Crippen LogP contribution in [0.1, 0.15) is 11.3 Å². The van der Waals surface area contributed by atoms with E-state index in [2.05, 4.69) is 16.8 Å². The Labute approximate surface area is 81.1 Å². The van der Waals surface area contributed by atoms with Crippen molar-refractivity contribution in [3.63, 3.8) is 0 Å². The predicted molar refractivity (Wildman–Crippen MR) is 53.1 cm³/mol. The quantitative estimate of drug-likeness (QED) is 0.771. The normalized spacial score (nSPS) is 10.1. The van der Waals surface area contributed by atoms with Crippen LogP contribution in [0.3, 0.4) is 0 Å². The first kappa shape index (κ1) is 8.69. The first-order valence-electron chi connectivity index (χ1n) is 4.23. The minimum atomic E-state index is -0.277. The van der Waals surface area contributed by atoms with Crippen LogP contribution in [0, 0.1) is 5.82 Å². The van der Waals surface area contributed by atoms with Gasteiger partial charge < -0.3 is 0 Å². The molecule has 0 amide bonds. The Balaban J connectivity index is 2.42. The average molecular weight is 188 g/mol. The van der Waals surface area contributed by atoms with Gasteiger partial charge in [-0.25, -0.2) is 4.39 Å². The van der Waals surface area contributed by atoms with Crippen LogP contribution in [-0.4, -0.2) is 10.2 Å². The van der Waals surface area contributed by atoms with Crippen molar-refractivity contribution in [3.05, 3.63) is 60.2 Å². The highest BCUT2D eigenvalue weighted by Gasteiger charge is 2.08. The van der Waals surface area contributed by atoms with E-state index in [4.69, 9.17) is 0 Å². The van der Waals surface area contributed by atoms with E-state index in [-0.39, 0.29) is 5.82 Å². The lowest BCUT2D eigenvalue weighted by Crippen LogP contribution is -1.90. The van der Waals surface area contributed by atoms with E-state index >= 15 is 0 Å². The van der Waals surface area contributed by atoms with Gasteiger partial charge in [-0.3, -0.25) is 5.10 Å². The molecule has 2 rings (SSSR count). The third-order valence-electron chi connectivity index (χ3n) is 2.01. The van der Waals surface area contributed by atoms with Crippen molar-refractivity contribution < 1.29 is 4.39 Å². The number of nitrogens with zero attached hydrogens (tertiary/aromatic N) is 1. The van der Waals surface area contributed by atoms with Crippen molar-refractivity contribution in [2.75, 3.05) is 0 Å². The zero-order valence-electron chi connectivity index (χ0n) is 7.50. The number of halogens is 1. The molecule has 0 saturated carbocycles. The van der Waals surface area contributed by atoms with Crippen LogP contribution in [0.25, 0.3) is 5.57 Å². The first-order valence-corrected chi connectivity index (χ1v) is 4.23. The van der Waals surface area contributed by atoms with Crippen molar-refractivity contribution in [2.24, 2.45) is 0 Å². The number of benzene rings is 1. The number of nitrogens with one attached hydrogen (secondary N) is 1. The number of hydrogen-bond acceptors (Lipinski definition) is 1. The van der Waals surface area contributed by atoms with Gasteiger partial charge in [0.05, 0.1) is 5.69 Å². The van der Waals surface area contributed by atoms with Crippen LogP contribution in [0.5, 0.6) is 0 Å². The molecule has 1 heterocycles. The average Bonchev–Trinajstić information content (AvgIpc) is 2.70. The molecule has 0 aliphatic carbocycles. The lowest BCUT2D eigenvalue weighted by molar-refractivity contribution is 0.624. The standard InChI is InChI=1S/C11H9FN2/c1-8(11-6-7-13-14-11)9-4-2-3-5-10(9)12/h2-7H,1H2,(H,13,14). The SMILES string of the molecule is C=C(c1cc[nH]n1)c1ccccc1F. The summed E-state index contributed by atoms with van der Waals surface area (Å²) in [5.41, 5.74) is 1.74. The van der Waals surface area contributed by atoms with Crippen LogP contribution in [0.15, 0.2) is 43.1 Å². The van der Waals surface area contributed by atoms with Gasteiger partial charge in [0, 0.05) is 17.3 Å². The number of aromatic nitrogens is 2. The summed E-state index contributed by atoms with van der Waals surface area (Å²) >= 11 is 0. The molecule has 0 radical (unpaired) electrons. The van der Waals surface area contributed by atoms with Crippen LogP contribution >= 0.6 is 0 Å². The minimum Gasteiger partial charge on any atom is -0.285 e. The zero-order valence-corrected chi connectivity index (χ0v) is 7.50. The predicted octanol–water partition coefficient (Wildman–Crippen LogP) is 2.61. The summed E-state index contributed by atoms with van der Waals surface area (Å²) in [4.78, 5) is 0. The van der Waals surface area contributed by atoms with E-state index in [1.54, 1.807) is 30.5 Å². The first-order chi connectivity index (χ1) is 6.79. The van der Waals surface area contributed by atoms with E-state index < -0.39 is 0 Å². The number of H-pyrrole nitrogens is 1. The summed E-state index contributed by atoms with van der Waals surface area (Å²) in [5.74, 6) is -0.277. The summed E-state index contributed by atoms with van der Waals surface area (Å²) in [5, 5.41) is 6.61. The van der Waals surface area contributed by atoms with Crippen molar-refractivity contribution >= 4 is 5.57 Å². The van der Waals surface area contributed by atoms with Crippen LogP contribution in [0.4, 0.5) is 4.39 Å². The Kier molecular flexibility index (Phi) is 2.14. The van der Waals surface area contributed by atoms with E-state index in [9.17, 15) is 4.39 Å². The third kappa shape index (κ3) is 1.44. The topological polar surface area (TPSA) is 28.7 Å². The molecule has 0 aliphatic rings. The molecule has 2 aromatic rings. The van der Waals surface area contributed by atoms with Crippen molar-refractivity contribution in [3.8, 4) is 0 Å². The van der Waals surface area contributed by atoms with Gasteiger partial charge in [-0.15, -0.1) is 0 Å². The second-order valence-electron chi connectivity index (χ2n) is 2.92. The Morgan fingerprint density at radius 2 is 2.07 bits per heavy atom. The fourth-order valence-electron chi connectivity index (χ4n) is 1.27. The number of rotatable bonds is 2. The molecular weight excluding hydrogens is 179 g/mol. The second kappa shape index (κ2) is 3.46. The molecular formula is C11H9FN2. The lowest BCUT2D eigenvalue weighted by atomic mass is 10.0. The van der Waals surface area contributed by atoms with Crippen LogP contribution in [-0.2, 0) is 0 Å². The maximum Gasteiger partial charge on any atom is 0.131 e. The Bertz CT molecular complexity index is 446. The molecule has 0 aliphatic heterocycles. The highest BCUT2D eigenvalue weighted by molar-refractivity contribution is 5.76. The third-order valence-corrected chi connectivity index (χ3v) is 2.01. The molecule has 0 spiro atoms. The van der Waals surface area contributed by atoms with E-state index in [1.807, 2.05) is 0 Å². The Morgan fingerprint density at radius 3 is 2.71 bits per heavy atom. The smallest absolute Gasteiger partial charge is 0.131 e. The zero-order chi connectivity index (χ0) is 9.97. The van der Waals surface area contributed by atoms with Gasteiger partial charge in [0.2, 0.25) is 0 Å². The van der Waals surface area contributed by atoms with Crippen LogP contribution < -0.4 is 0 Å². The molecule has 0 atom stereocenters. The molecule has 2 nitrogen and oxygen atoms in total. The largest absolute Gasteiger partial charge is 0.285 e. The molecule has 1 aromatic carbocycles. The van der Waals surface area contributed by atoms with Gasteiger partial charge in [0.1, 0.15) is 5.82 Å². The van der Waals surface area contributed by atoms with Gasteiger partial charge in [0.15, 0.2) is 0 Å². The maximum absolute atomic E-state index is 13.3. The number of hydrogen-bond donors (Lipinski definition) is 1. The highest BCUT2D eigenvalue weighted by atomic mass is 19.1. The van der Waals surface area contributed by atoms with E-state index in [0.717, 1.165) is 0 Å². The Morgan fingerprint density at radius 1 is 1.29 bits per heavy atom. The molecule has 0 fully saturated rings. The number of aromatic amines is 1. The van der Waals surface area contributed by atoms with Crippen LogP contribution in [0.2, 0.25) is 0 Å². The molecule has 3 heteroatoms. The van der Waals surface area contributed by atoms with E-state index in [1.165, 1.54) is 6.07 Å². The van der Waals surface area contributed by atoms with Gasteiger partial charge in [-0.1, -0.05) is 24.8 Å². The summed E-state index contributed by atoms with van der Waals surface area (Å²) in [7, 11) is 0. The molecule has 70 valence electrons. The minimum absolute atomic E-state index is 0.277. The fourth-order valence-corrected chi connectivity index (χ4v) is 1.27. The van der Waals surface area contributed by atoms with Gasteiger partial charge in [0.25, 0.3) is 0 Å². The highest BCUT2D eigenvalue weighted by Crippen LogP contribution is 2.21. The summed E-state index contributed by atoms with van der Waals surface area (Å²) in [6, 6.07) is 8.28. The van der Waals surface area contributed by atoms with Crippen molar-refractivity contribution in [1.29, 1.82) is 0 Å². The molecule has 0 unspecified atom stereocenters. The summed E-state index contributed by atoms with van der Waals surface area (Å²) in [6.07, 6.45) is 1.68. The van der Waals surface area contributed by atoms with E-state index in [0.29, 0.717) is 16.8 Å². The lowest BCUT2D eigenvalue weighted by Gasteiger charge is -2.02. The second-order valence-corrected chi connectivity index (χ2v) is 2.92. The Hall–Kier alpha value is -1.90. The molecule has 1 N–H and O–H groups in total. The van der Waals surface area contributed by atoms with Crippen molar-refractivity contribution in [2.45, 2.75) is 0 Å². The van der Waals surface area contributed by atoms with Crippen molar-refractivity contribution in [1.82, 2.24) is 10.2 Å². The van der Waals surface area contributed by atoms with Gasteiger partial charge in [-0.05, 0) is 12.1 Å². The molecule has 1 aromatic heterocycles. The molecule has 0 saturated heterocycles. The summed E-state index contributed by atoms with van der Waals surface area (Å²) < 4.78 is 13.3. The monoisotopic (exact) mass is 188 g/mol.